The average Bonchev–Trinajstić information content (AvgIpc) is 3.29. The summed E-state index contributed by atoms with van der Waals surface area (Å²) in [5.41, 5.74) is 4.57. The Morgan fingerprint density at radius 1 is 1.32 bits per heavy atom. The van der Waals surface area contributed by atoms with Gasteiger partial charge in [0.05, 0.1) is 11.8 Å². The summed E-state index contributed by atoms with van der Waals surface area (Å²) in [5.74, 6) is 0.234. The first kappa shape index (κ1) is 18.0. The van der Waals surface area contributed by atoms with Crippen LogP contribution in [0.25, 0.3) is 33.3 Å². The molecule has 0 aliphatic carbocycles. The standard InChI is InChI=1S/C20H21FN6O/c1-4-16(28)23-9-12-7-11(5-6-14(12)21)15-8-13-18-17(24-10-27(18)3)20(22-2)26-19(13)25-15/h5-8,10H,4,9H2,1-3H3,(H,23,28)(H2,22,25,26). The first-order valence-corrected chi connectivity index (χ1v) is 9.08. The molecule has 0 radical (unpaired) electrons. The van der Waals surface area contributed by atoms with Crippen molar-refractivity contribution in [2.45, 2.75) is 19.9 Å². The SMILES string of the molecule is CCC(=O)NCc1cc(-c2cc3c(nc(NC)c4ncn(C)c43)[nH]2)ccc1F. The normalized spacial score (nSPS) is 11.3. The maximum absolute atomic E-state index is 14.2. The van der Waals surface area contributed by atoms with Crippen LogP contribution in [0.2, 0.25) is 0 Å². The summed E-state index contributed by atoms with van der Waals surface area (Å²) in [6.07, 6.45) is 2.12. The quantitative estimate of drug-likeness (QED) is 0.496. The molecule has 0 spiro atoms. The Morgan fingerprint density at radius 2 is 2.14 bits per heavy atom. The molecule has 3 aromatic heterocycles. The number of nitrogens with one attached hydrogen (secondary N) is 3. The first-order valence-electron chi connectivity index (χ1n) is 9.08. The zero-order valence-electron chi connectivity index (χ0n) is 15.9. The maximum atomic E-state index is 14.2. The van der Waals surface area contributed by atoms with Gasteiger partial charge in [-0.25, -0.2) is 14.4 Å². The molecular formula is C20H21FN6O. The Kier molecular flexibility index (Phi) is 4.46. The van der Waals surface area contributed by atoms with Gasteiger partial charge < -0.3 is 20.2 Å². The molecule has 8 heteroatoms. The van der Waals surface area contributed by atoms with E-state index in [1.807, 2.05) is 24.7 Å². The second kappa shape index (κ2) is 6.95. The Labute approximate surface area is 161 Å². The van der Waals surface area contributed by atoms with Crippen LogP contribution in [0, 0.1) is 5.82 Å². The molecule has 0 bridgehead atoms. The molecule has 3 heterocycles. The van der Waals surface area contributed by atoms with Crippen LogP contribution in [0.4, 0.5) is 10.2 Å². The number of halogens is 1. The number of carbonyl (C=O) groups excluding carboxylic acids is 1. The highest BCUT2D eigenvalue weighted by molar-refractivity contribution is 6.07. The number of nitrogens with zero attached hydrogens (tertiary/aromatic N) is 3. The van der Waals surface area contributed by atoms with E-state index >= 15 is 0 Å². The molecule has 0 saturated carbocycles. The van der Waals surface area contributed by atoms with Crippen LogP contribution in [0.1, 0.15) is 18.9 Å². The number of carbonyl (C=O) groups is 1. The van der Waals surface area contributed by atoms with Crippen molar-refractivity contribution in [1.29, 1.82) is 0 Å². The van der Waals surface area contributed by atoms with Crippen molar-refractivity contribution in [3.8, 4) is 11.3 Å². The van der Waals surface area contributed by atoms with E-state index in [4.69, 9.17) is 0 Å². The largest absolute Gasteiger partial charge is 0.371 e. The molecule has 0 saturated heterocycles. The number of anilines is 1. The predicted octanol–water partition coefficient (Wildman–Crippen LogP) is 3.32. The minimum atomic E-state index is -0.346. The van der Waals surface area contributed by atoms with Crippen LogP contribution in [0.5, 0.6) is 0 Å². The van der Waals surface area contributed by atoms with Crippen molar-refractivity contribution in [3.05, 3.63) is 42.0 Å². The van der Waals surface area contributed by atoms with Gasteiger partial charge >= 0.3 is 0 Å². The lowest BCUT2D eigenvalue weighted by atomic mass is 10.1. The third-order valence-electron chi connectivity index (χ3n) is 4.83. The molecule has 28 heavy (non-hydrogen) atoms. The van der Waals surface area contributed by atoms with Crippen molar-refractivity contribution in [3.63, 3.8) is 0 Å². The zero-order chi connectivity index (χ0) is 19.8. The summed E-state index contributed by atoms with van der Waals surface area (Å²) >= 11 is 0. The summed E-state index contributed by atoms with van der Waals surface area (Å²) in [6, 6.07) is 6.87. The van der Waals surface area contributed by atoms with E-state index in [1.54, 1.807) is 25.4 Å². The lowest BCUT2D eigenvalue weighted by molar-refractivity contribution is -0.120. The van der Waals surface area contributed by atoms with Gasteiger partial charge in [-0.3, -0.25) is 4.79 Å². The van der Waals surface area contributed by atoms with Gasteiger partial charge in [-0.05, 0) is 29.8 Å². The number of pyridine rings is 1. The molecule has 1 aromatic carbocycles. The van der Waals surface area contributed by atoms with E-state index in [9.17, 15) is 9.18 Å². The molecule has 144 valence electrons. The number of benzene rings is 1. The molecule has 0 fully saturated rings. The van der Waals surface area contributed by atoms with E-state index in [-0.39, 0.29) is 18.3 Å². The molecule has 1 amide bonds. The van der Waals surface area contributed by atoms with E-state index in [1.165, 1.54) is 6.07 Å². The Hall–Kier alpha value is -3.42. The lowest BCUT2D eigenvalue weighted by Gasteiger charge is -2.07. The van der Waals surface area contributed by atoms with Crippen molar-refractivity contribution in [2.75, 3.05) is 12.4 Å². The van der Waals surface area contributed by atoms with E-state index in [0.717, 1.165) is 33.3 Å². The van der Waals surface area contributed by atoms with E-state index in [0.29, 0.717) is 17.8 Å². The van der Waals surface area contributed by atoms with Crippen molar-refractivity contribution < 1.29 is 9.18 Å². The zero-order valence-corrected chi connectivity index (χ0v) is 15.9. The molecule has 0 aliphatic heterocycles. The molecule has 0 atom stereocenters. The highest BCUT2D eigenvalue weighted by atomic mass is 19.1. The number of H-pyrrole nitrogens is 1. The Morgan fingerprint density at radius 3 is 2.89 bits per heavy atom. The predicted molar refractivity (Wildman–Crippen MR) is 107 cm³/mol. The molecule has 4 rings (SSSR count). The minimum absolute atomic E-state index is 0.113. The number of aryl methyl sites for hydroxylation is 1. The number of fused-ring (bicyclic) bond motifs is 3. The monoisotopic (exact) mass is 380 g/mol. The van der Waals surface area contributed by atoms with Crippen LogP contribution in [-0.2, 0) is 18.4 Å². The first-order chi connectivity index (χ1) is 13.5. The van der Waals surface area contributed by atoms with E-state index < -0.39 is 0 Å². The van der Waals surface area contributed by atoms with Gasteiger partial charge in [0.2, 0.25) is 5.91 Å². The summed E-state index contributed by atoms with van der Waals surface area (Å²) in [4.78, 5) is 23.9. The van der Waals surface area contributed by atoms with Crippen molar-refractivity contribution >= 4 is 33.8 Å². The van der Waals surface area contributed by atoms with Gasteiger partial charge in [0.25, 0.3) is 0 Å². The van der Waals surface area contributed by atoms with E-state index in [2.05, 4.69) is 25.6 Å². The highest BCUT2D eigenvalue weighted by Crippen LogP contribution is 2.32. The summed E-state index contributed by atoms with van der Waals surface area (Å²) in [5, 5.41) is 6.73. The van der Waals surface area contributed by atoms with Gasteiger partial charge in [0.1, 0.15) is 17.0 Å². The van der Waals surface area contributed by atoms with Crippen LogP contribution in [0.15, 0.2) is 30.6 Å². The average molecular weight is 380 g/mol. The lowest BCUT2D eigenvalue weighted by Crippen LogP contribution is -2.22. The fraction of sp³-hybridized carbons (Fsp3) is 0.250. The molecule has 7 nitrogen and oxygen atoms in total. The molecule has 3 N–H and O–H groups in total. The van der Waals surface area contributed by atoms with Crippen molar-refractivity contribution in [1.82, 2.24) is 24.8 Å². The third kappa shape index (κ3) is 2.96. The molecule has 0 unspecified atom stereocenters. The smallest absolute Gasteiger partial charge is 0.219 e. The van der Waals surface area contributed by atoms with Gasteiger partial charge in [0.15, 0.2) is 5.82 Å². The van der Waals surface area contributed by atoms with Crippen LogP contribution in [-0.4, -0.2) is 32.5 Å². The second-order valence-corrected chi connectivity index (χ2v) is 6.64. The summed E-state index contributed by atoms with van der Waals surface area (Å²) in [7, 11) is 3.75. The van der Waals surface area contributed by atoms with Gasteiger partial charge in [-0.15, -0.1) is 0 Å². The van der Waals surface area contributed by atoms with Crippen LogP contribution in [0.3, 0.4) is 0 Å². The summed E-state index contributed by atoms with van der Waals surface area (Å²) in [6.45, 7) is 1.92. The Bertz CT molecular complexity index is 1190. The maximum Gasteiger partial charge on any atom is 0.219 e. The number of hydrogen-bond donors (Lipinski definition) is 3. The number of aromatic amines is 1. The number of amides is 1. The van der Waals surface area contributed by atoms with Crippen molar-refractivity contribution in [2.24, 2.45) is 7.05 Å². The number of imidazole rings is 1. The molecule has 4 aromatic rings. The van der Waals surface area contributed by atoms with Crippen LogP contribution >= 0.6 is 0 Å². The number of rotatable bonds is 5. The fourth-order valence-electron chi connectivity index (χ4n) is 3.32. The van der Waals surface area contributed by atoms with Crippen LogP contribution < -0.4 is 10.6 Å². The van der Waals surface area contributed by atoms with Gasteiger partial charge in [0, 0.05) is 43.7 Å². The summed E-state index contributed by atoms with van der Waals surface area (Å²) < 4.78 is 16.1. The number of hydrogen-bond acceptors (Lipinski definition) is 4. The topological polar surface area (TPSA) is 87.6 Å². The number of aromatic nitrogens is 4. The fourth-order valence-corrected chi connectivity index (χ4v) is 3.32. The highest BCUT2D eigenvalue weighted by Gasteiger charge is 2.16. The third-order valence-corrected chi connectivity index (χ3v) is 4.83. The Balaban J connectivity index is 1.80. The second-order valence-electron chi connectivity index (χ2n) is 6.64. The minimum Gasteiger partial charge on any atom is -0.371 e. The molecule has 0 aliphatic rings. The molecular weight excluding hydrogens is 359 g/mol. The van der Waals surface area contributed by atoms with Gasteiger partial charge in [-0.1, -0.05) is 6.92 Å². The van der Waals surface area contributed by atoms with Gasteiger partial charge in [-0.2, -0.15) is 0 Å².